The number of benzene rings is 3. The fourth-order valence-corrected chi connectivity index (χ4v) is 8.69. The van der Waals surface area contributed by atoms with Crippen LogP contribution in [-0.2, 0) is 4.57 Å². The number of nitrogens with zero attached hydrogens (tertiary/aromatic N) is 1. The van der Waals surface area contributed by atoms with Gasteiger partial charge < -0.3 is 4.57 Å². The molecule has 33 heavy (non-hydrogen) atoms. The zero-order valence-corrected chi connectivity index (χ0v) is 22.0. The third-order valence-electron chi connectivity index (χ3n) is 6.11. The molecule has 0 unspecified atom stereocenters. The molecule has 4 rings (SSSR count). The minimum Gasteiger partial charge on any atom is -0.309 e. The molecule has 4 heteroatoms. The van der Waals surface area contributed by atoms with E-state index >= 15 is 0 Å². The van der Waals surface area contributed by atoms with Gasteiger partial charge in [-0.15, -0.1) is 0 Å². The monoisotopic (exact) mass is 469 g/mol. The van der Waals surface area contributed by atoms with Crippen molar-refractivity contribution in [2.45, 2.75) is 39.4 Å². The van der Waals surface area contributed by atoms with E-state index in [-0.39, 0.29) is 0 Å². The van der Waals surface area contributed by atoms with Gasteiger partial charge in [0.25, 0.3) is 0 Å². The summed E-state index contributed by atoms with van der Waals surface area (Å²) in [6.45, 7) is 11.6. The first-order valence-electron chi connectivity index (χ1n) is 11.5. The second-order valence-corrected chi connectivity index (χ2v) is 17.7. The van der Waals surface area contributed by atoms with Gasteiger partial charge in [0.05, 0.1) is 13.8 Å². The molecule has 0 atom stereocenters. The molecule has 0 aliphatic rings. The molecule has 0 N–H and O–H groups in total. The molecule has 0 amide bonds. The molecule has 4 aromatic rings. The Kier molecular flexibility index (Phi) is 6.56. The van der Waals surface area contributed by atoms with Crippen LogP contribution in [0.5, 0.6) is 0 Å². The van der Waals surface area contributed by atoms with Gasteiger partial charge in [-0.25, -0.2) is 0 Å². The van der Waals surface area contributed by atoms with Crippen molar-refractivity contribution in [3.63, 3.8) is 0 Å². The predicted octanol–water partition coefficient (Wildman–Crippen LogP) is 6.06. The van der Waals surface area contributed by atoms with E-state index in [0.29, 0.717) is 5.92 Å². The SMILES string of the molecule is CC(C)c1cc(-c2cccc(P(=O)(c3ccccc3)c3ccccc3)c2)ncc1[Si](C)(C)C. The average Bonchev–Trinajstić information content (AvgIpc) is 2.83. The number of hydrogen-bond donors (Lipinski definition) is 0. The molecule has 0 saturated heterocycles. The van der Waals surface area contributed by atoms with Gasteiger partial charge in [-0.3, -0.25) is 4.98 Å². The van der Waals surface area contributed by atoms with Gasteiger partial charge in [0.15, 0.2) is 7.14 Å². The second-order valence-electron chi connectivity index (χ2n) is 9.89. The molecule has 1 aromatic heterocycles. The molecule has 0 aliphatic carbocycles. The summed E-state index contributed by atoms with van der Waals surface area (Å²) in [4.78, 5) is 4.87. The Hall–Kier alpha value is -2.74. The van der Waals surface area contributed by atoms with Crippen molar-refractivity contribution < 1.29 is 4.57 Å². The summed E-state index contributed by atoms with van der Waals surface area (Å²) < 4.78 is 14.7. The maximum absolute atomic E-state index is 14.7. The highest BCUT2D eigenvalue weighted by atomic mass is 31.2. The van der Waals surface area contributed by atoms with Crippen LogP contribution in [0.2, 0.25) is 19.6 Å². The van der Waals surface area contributed by atoms with Crippen molar-refractivity contribution in [1.82, 2.24) is 4.98 Å². The van der Waals surface area contributed by atoms with Gasteiger partial charge >= 0.3 is 0 Å². The minimum atomic E-state index is -3.01. The molecule has 0 bridgehead atoms. The van der Waals surface area contributed by atoms with Crippen LogP contribution >= 0.6 is 7.14 Å². The highest BCUT2D eigenvalue weighted by molar-refractivity contribution is 7.85. The lowest BCUT2D eigenvalue weighted by Crippen LogP contribution is -2.40. The van der Waals surface area contributed by atoms with Crippen LogP contribution in [0, 0.1) is 0 Å². The van der Waals surface area contributed by atoms with Crippen molar-refractivity contribution >= 4 is 36.3 Å². The first kappa shape index (κ1) is 23.4. The molecule has 2 nitrogen and oxygen atoms in total. The van der Waals surface area contributed by atoms with Crippen LogP contribution in [0.4, 0.5) is 0 Å². The number of hydrogen-bond acceptors (Lipinski definition) is 2. The van der Waals surface area contributed by atoms with Gasteiger partial charge in [0.2, 0.25) is 0 Å². The van der Waals surface area contributed by atoms with E-state index in [1.54, 1.807) is 0 Å². The van der Waals surface area contributed by atoms with Crippen molar-refractivity contribution in [2.75, 3.05) is 0 Å². The quantitative estimate of drug-likeness (QED) is 0.254. The Morgan fingerprint density at radius 3 is 1.79 bits per heavy atom. The van der Waals surface area contributed by atoms with Gasteiger partial charge in [-0.2, -0.15) is 0 Å². The predicted molar refractivity (Wildman–Crippen MR) is 146 cm³/mol. The molecule has 3 aromatic carbocycles. The summed E-state index contributed by atoms with van der Waals surface area (Å²) in [6, 6.07) is 30.0. The summed E-state index contributed by atoms with van der Waals surface area (Å²) >= 11 is 0. The summed E-state index contributed by atoms with van der Waals surface area (Å²) in [5.74, 6) is 0.427. The smallest absolute Gasteiger partial charge is 0.171 e. The Labute approximate surface area is 199 Å². The molecule has 0 radical (unpaired) electrons. The van der Waals surface area contributed by atoms with E-state index in [1.807, 2.05) is 72.8 Å². The highest BCUT2D eigenvalue weighted by Crippen LogP contribution is 2.42. The van der Waals surface area contributed by atoms with Crippen molar-refractivity contribution in [2.24, 2.45) is 0 Å². The van der Waals surface area contributed by atoms with Crippen LogP contribution < -0.4 is 21.1 Å². The Bertz CT molecular complexity index is 1250. The lowest BCUT2D eigenvalue weighted by molar-refractivity contribution is 0.592. The van der Waals surface area contributed by atoms with Crippen molar-refractivity contribution in [3.05, 3.63) is 103 Å². The van der Waals surface area contributed by atoms with Crippen LogP contribution in [0.15, 0.2) is 97.2 Å². The lowest BCUT2D eigenvalue weighted by Gasteiger charge is -2.24. The standard InChI is InChI=1S/C29H32NOPSi/c1-22(2)27-20-28(30-21-29(27)33(3,4)5)23-13-12-18-26(19-23)32(31,24-14-8-6-9-15-24)25-16-10-7-11-17-25/h6-22H,1-5H3. The topological polar surface area (TPSA) is 30.0 Å². The van der Waals surface area contributed by atoms with Crippen molar-refractivity contribution in [3.8, 4) is 11.3 Å². The zero-order valence-electron chi connectivity index (χ0n) is 20.1. The Morgan fingerprint density at radius 1 is 0.727 bits per heavy atom. The van der Waals surface area contributed by atoms with Crippen LogP contribution in [-0.4, -0.2) is 13.1 Å². The molecule has 0 saturated carbocycles. The Morgan fingerprint density at radius 2 is 1.27 bits per heavy atom. The molecule has 0 spiro atoms. The van der Waals surface area contributed by atoms with Gasteiger partial charge in [0, 0.05) is 27.7 Å². The Balaban J connectivity index is 1.88. The van der Waals surface area contributed by atoms with Gasteiger partial charge in [-0.05, 0) is 28.8 Å². The molecule has 168 valence electrons. The van der Waals surface area contributed by atoms with E-state index in [4.69, 9.17) is 4.98 Å². The van der Waals surface area contributed by atoms with E-state index in [1.165, 1.54) is 10.8 Å². The van der Waals surface area contributed by atoms with E-state index in [9.17, 15) is 4.57 Å². The summed E-state index contributed by atoms with van der Waals surface area (Å²) in [5, 5.41) is 3.94. The number of rotatable bonds is 6. The minimum absolute atomic E-state index is 0.427. The van der Waals surface area contributed by atoms with Crippen LogP contribution in [0.25, 0.3) is 11.3 Å². The van der Waals surface area contributed by atoms with E-state index < -0.39 is 15.2 Å². The maximum atomic E-state index is 14.7. The summed E-state index contributed by atoms with van der Waals surface area (Å²) in [5.41, 5.74) is 3.32. The second kappa shape index (κ2) is 9.25. The normalized spacial score (nSPS) is 12.2. The van der Waals surface area contributed by atoms with E-state index in [2.05, 4.69) is 57.9 Å². The first-order valence-corrected chi connectivity index (χ1v) is 16.7. The number of aromatic nitrogens is 1. The largest absolute Gasteiger partial charge is 0.309 e. The van der Waals surface area contributed by atoms with Crippen LogP contribution in [0.1, 0.15) is 25.3 Å². The third-order valence-corrected chi connectivity index (χ3v) is 11.2. The lowest BCUT2D eigenvalue weighted by atomic mass is 10.0. The molecular formula is C29H32NOPSi. The van der Waals surface area contributed by atoms with Gasteiger partial charge in [-0.1, -0.05) is 112 Å². The molecule has 0 aliphatic heterocycles. The molecular weight excluding hydrogens is 437 g/mol. The molecule has 1 heterocycles. The highest BCUT2D eigenvalue weighted by Gasteiger charge is 2.30. The van der Waals surface area contributed by atoms with Gasteiger partial charge in [0.1, 0.15) is 0 Å². The average molecular weight is 470 g/mol. The number of pyridine rings is 1. The first-order chi connectivity index (χ1) is 15.7. The maximum Gasteiger partial charge on any atom is 0.171 e. The molecule has 0 fully saturated rings. The zero-order chi connectivity index (χ0) is 23.6. The summed E-state index contributed by atoms with van der Waals surface area (Å²) in [7, 11) is -4.51. The fourth-order valence-electron chi connectivity index (χ4n) is 4.32. The summed E-state index contributed by atoms with van der Waals surface area (Å²) in [6.07, 6.45) is 2.08. The fraction of sp³-hybridized carbons (Fsp3) is 0.207. The van der Waals surface area contributed by atoms with E-state index in [0.717, 1.165) is 27.2 Å². The van der Waals surface area contributed by atoms with Crippen LogP contribution in [0.3, 0.4) is 0 Å². The van der Waals surface area contributed by atoms with Crippen molar-refractivity contribution in [1.29, 1.82) is 0 Å². The third kappa shape index (κ3) is 4.67.